The average molecular weight is 252 g/mol. The Kier molecular flexibility index (Phi) is 4.21. The fourth-order valence-electron chi connectivity index (χ4n) is 1.23. The average Bonchev–Trinajstić information content (AvgIpc) is 2.28. The first-order valence-electron chi connectivity index (χ1n) is 5.34. The quantitative estimate of drug-likeness (QED) is 0.596. The molecule has 1 rings (SSSR count). The van der Waals surface area contributed by atoms with Crippen LogP contribution in [-0.4, -0.2) is 11.5 Å². The Morgan fingerprint density at radius 1 is 1.56 bits per heavy atom. The Bertz CT molecular complexity index is 495. The van der Waals surface area contributed by atoms with Crippen LogP contribution in [0.15, 0.2) is 18.2 Å². The molecule has 0 amide bonds. The molecule has 0 radical (unpaired) electrons. The van der Waals surface area contributed by atoms with Gasteiger partial charge < -0.3 is 4.74 Å². The van der Waals surface area contributed by atoms with Crippen LogP contribution in [0.1, 0.15) is 20.3 Å². The normalized spacial score (nSPS) is 10.8. The zero-order valence-electron chi connectivity index (χ0n) is 10.1. The number of ether oxygens (including phenoxy) is 1. The molecule has 0 aliphatic heterocycles. The van der Waals surface area contributed by atoms with Gasteiger partial charge in [-0.25, -0.2) is 4.39 Å². The molecule has 0 heterocycles. The van der Waals surface area contributed by atoms with E-state index in [1.807, 2.05) is 0 Å². The van der Waals surface area contributed by atoms with E-state index in [1.165, 1.54) is 0 Å². The van der Waals surface area contributed by atoms with Gasteiger partial charge in [0.1, 0.15) is 5.82 Å². The molecule has 0 bridgehead atoms. The molecule has 5 nitrogen and oxygen atoms in total. The topological polar surface area (TPSA) is 76.2 Å². The highest BCUT2D eigenvalue weighted by molar-refractivity contribution is 5.46. The highest BCUT2D eigenvalue weighted by Gasteiger charge is 2.19. The van der Waals surface area contributed by atoms with Gasteiger partial charge in [0.25, 0.3) is 0 Å². The molecule has 0 fully saturated rings. The van der Waals surface area contributed by atoms with Crippen molar-refractivity contribution >= 4 is 5.69 Å². The number of nitro benzene ring substituents is 1. The molecule has 96 valence electrons. The van der Waals surface area contributed by atoms with Gasteiger partial charge in [-0.1, -0.05) is 0 Å². The summed E-state index contributed by atoms with van der Waals surface area (Å²) in [6, 6.07) is 5.12. The minimum absolute atomic E-state index is 0.116. The third-order valence-electron chi connectivity index (χ3n) is 2.41. The minimum atomic E-state index is -0.635. The maximum absolute atomic E-state index is 13.0. The van der Waals surface area contributed by atoms with Gasteiger partial charge in [0, 0.05) is 12.1 Å². The number of nitro groups is 1. The molecule has 1 aromatic rings. The first kappa shape index (κ1) is 13.9. The van der Waals surface area contributed by atoms with Crippen molar-refractivity contribution in [2.24, 2.45) is 5.41 Å². The molecule has 0 saturated carbocycles. The second-order valence-electron chi connectivity index (χ2n) is 4.46. The fourth-order valence-corrected chi connectivity index (χ4v) is 1.23. The van der Waals surface area contributed by atoms with E-state index in [2.05, 4.69) is 6.07 Å². The number of hydrogen-bond donors (Lipinski definition) is 0. The monoisotopic (exact) mass is 252 g/mol. The van der Waals surface area contributed by atoms with Crippen LogP contribution >= 0.6 is 0 Å². The number of nitriles is 1. The lowest BCUT2D eigenvalue weighted by Gasteiger charge is -2.15. The van der Waals surface area contributed by atoms with Gasteiger partial charge >= 0.3 is 5.69 Å². The van der Waals surface area contributed by atoms with Gasteiger partial charge in [-0.05, 0) is 26.3 Å². The lowest BCUT2D eigenvalue weighted by Crippen LogP contribution is -2.13. The van der Waals surface area contributed by atoms with Crippen molar-refractivity contribution in [1.29, 1.82) is 5.26 Å². The first-order valence-corrected chi connectivity index (χ1v) is 5.34. The molecule has 0 aromatic heterocycles. The number of hydrogen-bond acceptors (Lipinski definition) is 4. The summed E-state index contributed by atoms with van der Waals surface area (Å²) in [5.74, 6) is -0.719. The van der Waals surface area contributed by atoms with Crippen LogP contribution in [0.2, 0.25) is 0 Å². The third kappa shape index (κ3) is 3.70. The van der Waals surface area contributed by atoms with Crippen molar-refractivity contribution in [2.45, 2.75) is 20.3 Å². The Labute approximate surface area is 104 Å². The van der Waals surface area contributed by atoms with Crippen LogP contribution in [0.25, 0.3) is 0 Å². The summed E-state index contributed by atoms with van der Waals surface area (Å²) in [4.78, 5) is 10.1. The van der Waals surface area contributed by atoms with Gasteiger partial charge in [0.15, 0.2) is 5.75 Å². The molecule has 1 aromatic carbocycles. The van der Waals surface area contributed by atoms with Crippen molar-refractivity contribution in [1.82, 2.24) is 0 Å². The van der Waals surface area contributed by atoms with Crippen molar-refractivity contribution in [3.05, 3.63) is 34.1 Å². The maximum Gasteiger partial charge on any atom is 0.311 e. The second-order valence-corrected chi connectivity index (χ2v) is 4.46. The second kappa shape index (κ2) is 5.45. The summed E-state index contributed by atoms with van der Waals surface area (Å²) in [5, 5.41) is 19.5. The third-order valence-corrected chi connectivity index (χ3v) is 2.41. The van der Waals surface area contributed by atoms with E-state index in [9.17, 15) is 14.5 Å². The Morgan fingerprint density at radius 3 is 2.78 bits per heavy atom. The molecule has 6 heteroatoms. The zero-order chi connectivity index (χ0) is 13.8. The Hall–Kier alpha value is -2.16. The van der Waals surface area contributed by atoms with Crippen LogP contribution in [-0.2, 0) is 0 Å². The molecule has 0 N–H and O–H groups in total. The number of rotatable bonds is 5. The smallest absolute Gasteiger partial charge is 0.311 e. The van der Waals surface area contributed by atoms with E-state index in [0.29, 0.717) is 6.42 Å². The number of halogens is 1. The summed E-state index contributed by atoms with van der Waals surface area (Å²) in [5.41, 5.74) is -0.867. The van der Waals surface area contributed by atoms with Gasteiger partial charge in [0.05, 0.1) is 23.0 Å². The van der Waals surface area contributed by atoms with E-state index in [4.69, 9.17) is 10.00 Å². The van der Waals surface area contributed by atoms with E-state index in [-0.39, 0.29) is 18.0 Å². The summed E-state index contributed by atoms with van der Waals surface area (Å²) in [6.45, 7) is 3.58. The first-order chi connectivity index (χ1) is 8.35. The lowest BCUT2D eigenvalue weighted by molar-refractivity contribution is -0.385. The largest absolute Gasteiger partial charge is 0.487 e. The minimum Gasteiger partial charge on any atom is -0.487 e. The molecule has 0 unspecified atom stereocenters. The van der Waals surface area contributed by atoms with Gasteiger partial charge in [0.2, 0.25) is 0 Å². The molecule has 0 atom stereocenters. The molecule has 0 spiro atoms. The molecule has 18 heavy (non-hydrogen) atoms. The van der Waals surface area contributed by atoms with E-state index >= 15 is 0 Å². The predicted octanol–water partition coefficient (Wildman–Crippen LogP) is 3.05. The van der Waals surface area contributed by atoms with Crippen LogP contribution < -0.4 is 4.74 Å². The fraction of sp³-hybridized carbons (Fsp3) is 0.417. The molecular weight excluding hydrogens is 239 g/mol. The standard InChI is InChI=1S/C12H13FN2O3/c1-12(2,8-14)5-6-18-11-7-9(13)3-4-10(11)15(16)17/h3-4,7H,5-6H2,1-2H3. The van der Waals surface area contributed by atoms with Crippen LogP contribution in [0.3, 0.4) is 0 Å². The molecular formula is C12H13FN2O3. The number of benzene rings is 1. The van der Waals surface area contributed by atoms with Crippen molar-refractivity contribution < 1.29 is 14.1 Å². The SMILES string of the molecule is CC(C)(C#N)CCOc1cc(F)ccc1[N+](=O)[O-]. The van der Waals surface area contributed by atoms with Crippen LogP contribution in [0.5, 0.6) is 5.75 Å². The van der Waals surface area contributed by atoms with Crippen molar-refractivity contribution in [3.8, 4) is 11.8 Å². The van der Waals surface area contributed by atoms with E-state index in [1.54, 1.807) is 13.8 Å². The summed E-state index contributed by atoms with van der Waals surface area (Å²) in [6.07, 6.45) is 0.400. The molecule has 0 aliphatic rings. The van der Waals surface area contributed by atoms with Crippen molar-refractivity contribution in [3.63, 3.8) is 0 Å². The Balaban J connectivity index is 2.76. The van der Waals surface area contributed by atoms with Gasteiger partial charge in [-0.3, -0.25) is 10.1 Å². The van der Waals surface area contributed by atoms with Gasteiger partial charge in [-0.15, -0.1) is 0 Å². The summed E-state index contributed by atoms with van der Waals surface area (Å²) >= 11 is 0. The van der Waals surface area contributed by atoms with E-state index in [0.717, 1.165) is 18.2 Å². The zero-order valence-corrected chi connectivity index (χ0v) is 10.1. The van der Waals surface area contributed by atoms with Gasteiger partial charge in [-0.2, -0.15) is 5.26 Å². The molecule has 0 aliphatic carbocycles. The lowest BCUT2D eigenvalue weighted by atomic mass is 9.92. The predicted molar refractivity (Wildman–Crippen MR) is 62.6 cm³/mol. The van der Waals surface area contributed by atoms with E-state index < -0.39 is 16.2 Å². The number of nitrogens with zero attached hydrogens (tertiary/aromatic N) is 2. The molecule has 0 saturated heterocycles. The van der Waals surface area contributed by atoms with Crippen LogP contribution in [0, 0.1) is 32.7 Å². The highest BCUT2D eigenvalue weighted by atomic mass is 19.1. The summed E-state index contributed by atoms with van der Waals surface area (Å²) < 4.78 is 18.2. The van der Waals surface area contributed by atoms with Crippen LogP contribution in [0.4, 0.5) is 10.1 Å². The summed E-state index contributed by atoms with van der Waals surface area (Å²) in [7, 11) is 0. The highest BCUT2D eigenvalue weighted by Crippen LogP contribution is 2.28. The van der Waals surface area contributed by atoms with Crippen molar-refractivity contribution in [2.75, 3.05) is 6.61 Å². The maximum atomic E-state index is 13.0. The Morgan fingerprint density at radius 2 is 2.22 bits per heavy atom.